The second-order valence-electron chi connectivity index (χ2n) is 5.24. The largest absolute Gasteiger partial charge is 0.497 e. The molecule has 132 valence electrons. The number of hydrogen-bond acceptors (Lipinski definition) is 6. The number of ether oxygens (including phenoxy) is 3. The maximum absolute atomic E-state index is 12.4. The van der Waals surface area contributed by atoms with Crippen LogP contribution in [0.15, 0.2) is 35.8 Å². The average molecular weight is 361 g/mol. The van der Waals surface area contributed by atoms with E-state index >= 15 is 0 Å². The fourth-order valence-corrected chi connectivity index (χ4v) is 3.25. The highest BCUT2D eigenvalue weighted by Crippen LogP contribution is 2.26. The van der Waals surface area contributed by atoms with Gasteiger partial charge in [-0.1, -0.05) is 12.1 Å². The van der Waals surface area contributed by atoms with Gasteiger partial charge in [0, 0.05) is 31.4 Å². The van der Waals surface area contributed by atoms with Crippen molar-refractivity contribution in [2.75, 3.05) is 27.9 Å². The van der Waals surface area contributed by atoms with Gasteiger partial charge in [-0.25, -0.2) is 4.98 Å². The van der Waals surface area contributed by atoms with Gasteiger partial charge in [0.05, 0.1) is 19.3 Å². The molecule has 0 aliphatic heterocycles. The summed E-state index contributed by atoms with van der Waals surface area (Å²) in [5, 5.41) is 4.57. The van der Waals surface area contributed by atoms with Crippen molar-refractivity contribution in [3.8, 4) is 17.0 Å². The Morgan fingerprint density at radius 2 is 2.12 bits per heavy atom. The number of fused-ring (bicyclic) bond motifs is 1. The van der Waals surface area contributed by atoms with Crippen molar-refractivity contribution in [1.82, 2.24) is 14.7 Å². The number of hydrogen-bond donors (Lipinski definition) is 1. The molecule has 3 aromatic rings. The van der Waals surface area contributed by atoms with Gasteiger partial charge in [0.1, 0.15) is 11.4 Å². The normalized spacial score (nSPS) is 11.2. The van der Waals surface area contributed by atoms with Crippen molar-refractivity contribution >= 4 is 22.2 Å². The van der Waals surface area contributed by atoms with Gasteiger partial charge in [0.25, 0.3) is 5.91 Å². The number of aromatic nitrogens is 2. The van der Waals surface area contributed by atoms with Crippen LogP contribution in [0.3, 0.4) is 0 Å². The number of imidazole rings is 1. The summed E-state index contributed by atoms with van der Waals surface area (Å²) in [5.41, 5.74) is 2.24. The molecule has 0 unspecified atom stereocenters. The summed E-state index contributed by atoms with van der Waals surface area (Å²) in [6.45, 7) is 0.264. The van der Waals surface area contributed by atoms with E-state index < -0.39 is 6.29 Å². The lowest BCUT2D eigenvalue weighted by molar-refractivity contribution is -0.0974. The molecule has 1 aromatic carbocycles. The van der Waals surface area contributed by atoms with Gasteiger partial charge >= 0.3 is 0 Å². The maximum Gasteiger partial charge on any atom is 0.269 e. The minimum absolute atomic E-state index is 0.208. The Hall–Kier alpha value is -2.42. The van der Waals surface area contributed by atoms with Crippen LogP contribution in [-0.2, 0) is 9.47 Å². The monoisotopic (exact) mass is 361 g/mol. The van der Waals surface area contributed by atoms with Gasteiger partial charge in [0.15, 0.2) is 11.3 Å². The van der Waals surface area contributed by atoms with Crippen LogP contribution < -0.4 is 10.1 Å². The molecule has 1 amide bonds. The van der Waals surface area contributed by atoms with Gasteiger partial charge in [-0.2, -0.15) is 0 Å². The molecule has 2 aromatic heterocycles. The smallest absolute Gasteiger partial charge is 0.269 e. The Bertz CT molecular complexity index is 870. The zero-order valence-corrected chi connectivity index (χ0v) is 15.0. The number of carbonyl (C=O) groups is 1. The van der Waals surface area contributed by atoms with E-state index in [1.807, 2.05) is 30.5 Å². The first-order chi connectivity index (χ1) is 12.2. The molecule has 0 fully saturated rings. The molecule has 0 radical (unpaired) electrons. The van der Waals surface area contributed by atoms with Crippen molar-refractivity contribution in [1.29, 1.82) is 0 Å². The topological polar surface area (TPSA) is 74.1 Å². The van der Waals surface area contributed by atoms with Crippen LogP contribution in [0.25, 0.3) is 16.2 Å². The second kappa shape index (κ2) is 7.64. The molecule has 0 aliphatic carbocycles. The van der Waals surface area contributed by atoms with E-state index in [9.17, 15) is 4.79 Å². The molecule has 8 heteroatoms. The summed E-state index contributed by atoms with van der Waals surface area (Å²) in [6.07, 6.45) is 1.37. The highest BCUT2D eigenvalue weighted by Gasteiger charge is 2.16. The molecule has 0 aliphatic rings. The third kappa shape index (κ3) is 3.65. The fraction of sp³-hybridized carbons (Fsp3) is 0.294. The van der Waals surface area contributed by atoms with Crippen LogP contribution in [0.1, 0.15) is 10.5 Å². The Kier molecular flexibility index (Phi) is 5.32. The standard InChI is InChI=1S/C17H19N3O4S/c1-22-12-6-4-5-11(7-12)13-9-20-14(10-25-17(20)19-13)16(21)18-8-15(23-2)24-3/h4-7,9-10,15H,8H2,1-3H3,(H,18,21). The molecule has 0 spiro atoms. The number of nitrogens with zero attached hydrogens (tertiary/aromatic N) is 2. The van der Waals surface area contributed by atoms with E-state index in [2.05, 4.69) is 10.3 Å². The summed E-state index contributed by atoms with van der Waals surface area (Å²) < 4.78 is 17.2. The Morgan fingerprint density at radius 3 is 2.84 bits per heavy atom. The number of thiazole rings is 1. The minimum Gasteiger partial charge on any atom is -0.497 e. The van der Waals surface area contributed by atoms with Gasteiger partial charge in [-0.15, -0.1) is 11.3 Å². The van der Waals surface area contributed by atoms with E-state index in [4.69, 9.17) is 14.2 Å². The number of amides is 1. The number of methoxy groups -OCH3 is 3. The molecule has 3 rings (SSSR count). The average Bonchev–Trinajstić information content (AvgIpc) is 3.23. The molecule has 7 nitrogen and oxygen atoms in total. The van der Waals surface area contributed by atoms with Gasteiger partial charge in [0.2, 0.25) is 0 Å². The van der Waals surface area contributed by atoms with Crippen molar-refractivity contribution in [2.24, 2.45) is 0 Å². The first-order valence-electron chi connectivity index (χ1n) is 7.61. The lowest BCUT2D eigenvalue weighted by atomic mass is 10.1. The van der Waals surface area contributed by atoms with E-state index in [0.717, 1.165) is 22.0 Å². The number of rotatable bonds is 7. The molecule has 2 heterocycles. The third-order valence-electron chi connectivity index (χ3n) is 3.76. The van der Waals surface area contributed by atoms with Crippen LogP contribution in [0.4, 0.5) is 0 Å². The van der Waals surface area contributed by atoms with Gasteiger partial charge in [-0.3, -0.25) is 9.20 Å². The second-order valence-corrected chi connectivity index (χ2v) is 6.08. The predicted octanol–water partition coefficient (Wildman–Crippen LogP) is 2.42. The lowest BCUT2D eigenvalue weighted by Crippen LogP contribution is -2.34. The van der Waals surface area contributed by atoms with E-state index in [0.29, 0.717) is 5.69 Å². The van der Waals surface area contributed by atoms with E-state index in [1.54, 1.807) is 16.9 Å². The van der Waals surface area contributed by atoms with Crippen molar-refractivity contribution in [2.45, 2.75) is 6.29 Å². The number of benzene rings is 1. The molecular weight excluding hydrogens is 342 g/mol. The summed E-state index contributed by atoms with van der Waals surface area (Å²) in [4.78, 5) is 17.8. The van der Waals surface area contributed by atoms with Crippen LogP contribution in [0.5, 0.6) is 5.75 Å². The molecule has 0 bridgehead atoms. The quantitative estimate of drug-likeness (QED) is 0.654. The fourth-order valence-electron chi connectivity index (χ4n) is 2.40. The van der Waals surface area contributed by atoms with Crippen LogP contribution in [0.2, 0.25) is 0 Å². The number of nitrogens with one attached hydrogen (secondary N) is 1. The van der Waals surface area contributed by atoms with Gasteiger partial charge < -0.3 is 19.5 Å². The first-order valence-corrected chi connectivity index (χ1v) is 8.49. The minimum atomic E-state index is -0.479. The Labute approximate surface area is 149 Å². The molecule has 0 atom stereocenters. The van der Waals surface area contributed by atoms with Crippen molar-refractivity contribution in [3.05, 3.63) is 41.5 Å². The highest BCUT2D eigenvalue weighted by atomic mass is 32.1. The number of carbonyl (C=O) groups excluding carboxylic acids is 1. The Balaban J connectivity index is 1.84. The molecule has 0 saturated carbocycles. The summed E-state index contributed by atoms with van der Waals surface area (Å²) in [5.74, 6) is 0.553. The Morgan fingerprint density at radius 1 is 1.32 bits per heavy atom. The van der Waals surface area contributed by atoms with Crippen molar-refractivity contribution < 1.29 is 19.0 Å². The predicted molar refractivity (Wildman–Crippen MR) is 95.2 cm³/mol. The summed E-state index contributed by atoms with van der Waals surface area (Å²) >= 11 is 1.41. The molecular formula is C17H19N3O4S. The summed E-state index contributed by atoms with van der Waals surface area (Å²) in [6, 6.07) is 7.65. The van der Waals surface area contributed by atoms with Crippen LogP contribution in [-0.4, -0.2) is 49.5 Å². The maximum atomic E-state index is 12.4. The highest BCUT2D eigenvalue weighted by molar-refractivity contribution is 7.15. The molecule has 25 heavy (non-hydrogen) atoms. The molecule has 1 N–H and O–H groups in total. The SMILES string of the molecule is COc1cccc(-c2cn3c(C(=O)NCC(OC)OC)csc3n2)c1. The van der Waals surface area contributed by atoms with Gasteiger partial charge in [-0.05, 0) is 12.1 Å². The van der Waals surface area contributed by atoms with Crippen LogP contribution in [0, 0.1) is 0 Å². The zero-order valence-electron chi connectivity index (χ0n) is 14.2. The molecule has 0 saturated heterocycles. The lowest BCUT2D eigenvalue weighted by Gasteiger charge is -2.13. The summed E-state index contributed by atoms with van der Waals surface area (Å²) in [7, 11) is 4.68. The first kappa shape index (κ1) is 17.4. The van der Waals surface area contributed by atoms with E-state index in [-0.39, 0.29) is 12.5 Å². The zero-order chi connectivity index (χ0) is 17.8. The van der Waals surface area contributed by atoms with Crippen LogP contribution >= 0.6 is 11.3 Å². The van der Waals surface area contributed by atoms with Crippen molar-refractivity contribution in [3.63, 3.8) is 0 Å². The third-order valence-corrected chi connectivity index (χ3v) is 4.60. The van der Waals surface area contributed by atoms with E-state index in [1.165, 1.54) is 25.6 Å².